The third-order valence-corrected chi connectivity index (χ3v) is 3.02. The molecule has 3 heteroatoms. The van der Waals surface area contributed by atoms with E-state index < -0.39 is 5.97 Å². The lowest BCUT2D eigenvalue weighted by Crippen LogP contribution is -2.07. The molecule has 98 valence electrons. The number of hydrogen-bond donors (Lipinski definition) is 1. The van der Waals surface area contributed by atoms with E-state index in [1.54, 1.807) is 48.5 Å². The van der Waals surface area contributed by atoms with Crippen LogP contribution in [0.25, 0.3) is 10.8 Å². The Morgan fingerprint density at radius 2 is 1.60 bits per heavy atom. The van der Waals surface area contributed by atoms with Crippen LogP contribution in [0.4, 0.5) is 0 Å². The number of ether oxygens (including phenoxy) is 1. The summed E-state index contributed by atoms with van der Waals surface area (Å²) in [5.41, 5.74) is 0.503. The van der Waals surface area contributed by atoms with Crippen LogP contribution in [0.3, 0.4) is 0 Å². The van der Waals surface area contributed by atoms with Crippen molar-refractivity contribution in [3.05, 3.63) is 72.3 Å². The maximum atomic E-state index is 11.9. The molecular weight excluding hydrogens is 252 g/mol. The van der Waals surface area contributed by atoms with Gasteiger partial charge < -0.3 is 9.84 Å². The molecule has 0 aliphatic carbocycles. The second-order valence-electron chi connectivity index (χ2n) is 4.45. The zero-order valence-electron chi connectivity index (χ0n) is 10.6. The van der Waals surface area contributed by atoms with Crippen molar-refractivity contribution < 1.29 is 14.6 Å². The molecule has 3 aromatic carbocycles. The van der Waals surface area contributed by atoms with Gasteiger partial charge in [0.1, 0.15) is 11.5 Å². The smallest absolute Gasteiger partial charge is 0.343 e. The second-order valence-corrected chi connectivity index (χ2v) is 4.45. The van der Waals surface area contributed by atoms with Crippen molar-refractivity contribution in [3.8, 4) is 11.5 Å². The molecule has 1 N–H and O–H groups in total. The van der Waals surface area contributed by atoms with Crippen LogP contribution < -0.4 is 4.74 Å². The van der Waals surface area contributed by atoms with Gasteiger partial charge in [-0.05, 0) is 47.2 Å². The number of esters is 1. The molecule has 0 fully saturated rings. The third kappa shape index (κ3) is 2.47. The predicted octanol–water partition coefficient (Wildman–Crippen LogP) is 3.76. The number of benzene rings is 3. The fraction of sp³-hybridized carbons (Fsp3) is 0. The SMILES string of the molecule is O=C(Oc1ccc2ccc(O)cc2c1)c1ccccc1. The van der Waals surface area contributed by atoms with Gasteiger partial charge in [0.2, 0.25) is 0 Å². The first-order valence-corrected chi connectivity index (χ1v) is 6.22. The van der Waals surface area contributed by atoms with E-state index in [1.165, 1.54) is 0 Å². The Labute approximate surface area is 116 Å². The summed E-state index contributed by atoms with van der Waals surface area (Å²) < 4.78 is 5.33. The number of carbonyl (C=O) groups excluding carboxylic acids is 1. The molecule has 0 unspecified atom stereocenters. The lowest BCUT2D eigenvalue weighted by atomic mass is 10.1. The first-order chi connectivity index (χ1) is 9.72. The van der Waals surface area contributed by atoms with Crippen LogP contribution in [-0.4, -0.2) is 11.1 Å². The van der Waals surface area contributed by atoms with Crippen LogP contribution >= 0.6 is 0 Å². The maximum Gasteiger partial charge on any atom is 0.343 e. The molecule has 0 bridgehead atoms. The summed E-state index contributed by atoms with van der Waals surface area (Å²) in [6.45, 7) is 0. The summed E-state index contributed by atoms with van der Waals surface area (Å²) >= 11 is 0. The minimum absolute atomic E-state index is 0.184. The second kappa shape index (κ2) is 5.05. The van der Waals surface area contributed by atoms with Crippen molar-refractivity contribution in [1.29, 1.82) is 0 Å². The van der Waals surface area contributed by atoms with Gasteiger partial charge in [-0.15, -0.1) is 0 Å². The van der Waals surface area contributed by atoms with E-state index in [2.05, 4.69) is 0 Å². The Bertz CT molecular complexity index is 764. The van der Waals surface area contributed by atoms with Crippen molar-refractivity contribution in [2.24, 2.45) is 0 Å². The largest absolute Gasteiger partial charge is 0.508 e. The van der Waals surface area contributed by atoms with Gasteiger partial charge in [-0.2, -0.15) is 0 Å². The molecule has 0 amide bonds. The van der Waals surface area contributed by atoms with E-state index in [4.69, 9.17) is 4.74 Å². The number of rotatable bonds is 2. The molecule has 0 radical (unpaired) electrons. The molecule has 0 aliphatic heterocycles. The third-order valence-electron chi connectivity index (χ3n) is 3.02. The fourth-order valence-electron chi connectivity index (χ4n) is 2.02. The molecule has 0 aromatic heterocycles. The van der Waals surface area contributed by atoms with E-state index in [0.717, 1.165) is 10.8 Å². The van der Waals surface area contributed by atoms with Crippen molar-refractivity contribution in [2.45, 2.75) is 0 Å². The van der Waals surface area contributed by atoms with E-state index in [1.807, 2.05) is 18.2 Å². The molecule has 0 saturated heterocycles. The van der Waals surface area contributed by atoms with Gasteiger partial charge in [0.25, 0.3) is 0 Å². The molecule has 0 spiro atoms. The summed E-state index contributed by atoms with van der Waals surface area (Å²) in [5, 5.41) is 11.3. The van der Waals surface area contributed by atoms with E-state index >= 15 is 0 Å². The van der Waals surface area contributed by atoms with Crippen molar-refractivity contribution in [1.82, 2.24) is 0 Å². The summed E-state index contributed by atoms with van der Waals surface area (Å²) in [7, 11) is 0. The van der Waals surface area contributed by atoms with Gasteiger partial charge in [0.15, 0.2) is 0 Å². The number of fused-ring (bicyclic) bond motifs is 1. The van der Waals surface area contributed by atoms with Crippen molar-refractivity contribution in [3.63, 3.8) is 0 Å². The van der Waals surface area contributed by atoms with Crippen molar-refractivity contribution >= 4 is 16.7 Å². The number of phenols is 1. The molecule has 0 aliphatic rings. The van der Waals surface area contributed by atoms with Crippen molar-refractivity contribution in [2.75, 3.05) is 0 Å². The molecule has 3 aromatic rings. The first kappa shape index (κ1) is 12.2. The molecule has 0 saturated carbocycles. The standard InChI is InChI=1S/C17H12O3/c18-15-8-6-12-7-9-16(11-14(12)10-15)20-17(19)13-4-2-1-3-5-13/h1-11,18H. The zero-order chi connectivity index (χ0) is 13.9. The van der Waals surface area contributed by atoms with Crippen LogP contribution in [0, 0.1) is 0 Å². The first-order valence-electron chi connectivity index (χ1n) is 6.22. The van der Waals surface area contributed by atoms with Gasteiger partial charge in [0, 0.05) is 0 Å². The summed E-state index contributed by atoms with van der Waals surface area (Å²) in [4.78, 5) is 11.9. The summed E-state index contributed by atoms with van der Waals surface area (Å²) in [6.07, 6.45) is 0. The van der Waals surface area contributed by atoms with Gasteiger partial charge in [-0.1, -0.05) is 30.3 Å². The minimum atomic E-state index is -0.398. The molecule has 3 nitrogen and oxygen atoms in total. The Kier molecular flexibility index (Phi) is 3.09. The predicted molar refractivity (Wildman–Crippen MR) is 77.0 cm³/mol. The molecule has 3 rings (SSSR count). The monoisotopic (exact) mass is 264 g/mol. The molecule has 0 heterocycles. The van der Waals surface area contributed by atoms with Gasteiger partial charge in [0.05, 0.1) is 5.56 Å². The van der Waals surface area contributed by atoms with E-state index in [-0.39, 0.29) is 5.75 Å². The van der Waals surface area contributed by atoms with Crippen LogP contribution in [0.2, 0.25) is 0 Å². The van der Waals surface area contributed by atoms with E-state index in [9.17, 15) is 9.90 Å². The van der Waals surface area contributed by atoms with Gasteiger partial charge >= 0.3 is 5.97 Å². The highest BCUT2D eigenvalue weighted by Gasteiger charge is 2.08. The molecule has 20 heavy (non-hydrogen) atoms. The average Bonchev–Trinajstić information content (AvgIpc) is 2.47. The zero-order valence-corrected chi connectivity index (χ0v) is 10.6. The van der Waals surface area contributed by atoms with Gasteiger partial charge in [-0.25, -0.2) is 4.79 Å². The van der Waals surface area contributed by atoms with Crippen LogP contribution in [0.1, 0.15) is 10.4 Å². The quantitative estimate of drug-likeness (QED) is 0.566. The Balaban J connectivity index is 1.89. The Hall–Kier alpha value is -2.81. The normalized spacial score (nSPS) is 10.4. The van der Waals surface area contributed by atoms with Crippen LogP contribution in [0.5, 0.6) is 11.5 Å². The lowest BCUT2D eigenvalue weighted by molar-refractivity contribution is 0.0735. The van der Waals surface area contributed by atoms with Gasteiger partial charge in [-0.3, -0.25) is 0 Å². The summed E-state index contributed by atoms with van der Waals surface area (Å²) in [5.74, 6) is 0.242. The average molecular weight is 264 g/mol. The number of aromatic hydroxyl groups is 1. The number of phenolic OH excluding ortho intramolecular Hbond substituents is 1. The highest BCUT2D eigenvalue weighted by molar-refractivity contribution is 5.92. The van der Waals surface area contributed by atoms with Crippen LogP contribution in [-0.2, 0) is 0 Å². The van der Waals surface area contributed by atoms with Crippen LogP contribution in [0.15, 0.2) is 66.7 Å². The molecular formula is C17H12O3. The topological polar surface area (TPSA) is 46.5 Å². The fourth-order valence-corrected chi connectivity index (χ4v) is 2.02. The minimum Gasteiger partial charge on any atom is -0.508 e. The Morgan fingerprint density at radius 1 is 0.850 bits per heavy atom. The molecule has 0 atom stereocenters. The van der Waals surface area contributed by atoms with E-state index in [0.29, 0.717) is 11.3 Å². The maximum absolute atomic E-state index is 11.9. The highest BCUT2D eigenvalue weighted by Crippen LogP contribution is 2.24. The highest BCUT2D eigenvalue weighted by atomic mass is 16.5. The number of carbonyl (C=O) groups is 1. The summed E-state index contributed by atoms with van der Waals surface area (Å²) in [6, 6.07) is 19.2. The lowest BCUT2D eigenvalue weighted by Gasteiger charge is -2.06. The Morgan fingerprint density at radius 3 is 2.40 bits per heavy atom. The number of hydrogen-bond acceptors (Lipinski definition) is 3.